The highest BCUT2D eigenvalue weighted by Crippen LogP contribution is 2.27. The normalized spacial score (nSPS) is 29.6. The van der Waals surface area contributed by atoms with Gasteiger partial charge in [-0.3, -0.25) is 10.1 Å². The summed E-state index contributed by atoms with van der Waals surface area (Å²) in [5.74, 6) is 0.202. The Morgan fingerprint density at radius 2 is 2.05 bits per heavy atom. The molecule has 22 heavy (non-hydrogen) atoms. The molecular formula is C13H21N5O4. The molecule has 9 nitrogen and oxygen atoms in total. The summed E-state index contributed by atoms with van der Waals surface area (Å²) in [5.41, 5.74) is 0. The van der Waals surface area contributed by atoms with Gasteiger partial charge in [-0.05, 0) is 12.8 Å². The number of urea groups is 1. The summed E-state index contributed by atoms with van der Waals surface area (Å²) in [4.78, 5) is 33.7. The number of carbonyl (C=O) groups excluding carboxylic acids is 2. The van der Waals surface area contributed by atoms with E-state index in [2.05, 4.69) is 15.2 Å². The number of aliphatic imine (C=N–C) groups is 1. The minimum absolute atomic E-state index is 0.0997. The number of nitrogens with zero attached hydrogens (tertiary/aromatic N) is 4. The topological polar surface area (TPSA) is 109 Å². The van der Waals surface area contributed by atoms with Crippen LogP contribution < -0.4 is 5.32 Å². The molecule has 0 radical (unpaired) electrons. The molecule has 3 aliphatic rings. The second-order valence-corrected chi connectivity index (χ2v) is 5.88. The molecule has 0 bridgehead atoms. The third kappa shape index (κ3) is 2.40. The fourth-order valence-corrected chi connectivity index (χ4v) is 3.17. The first-order chi connectivity index (χ1) is 10.5. The van der Waals surface area contributed by atoms with Crippen LogP contribution in [0.25, 0.3) is 0 Å². The van der Waals surface area contributed by atoms with E-state index < -0.39 is 36.9 Å². The van der Waals surface area contributed by atoms with Gasteiger partial charge < -0.3 is 24.9 Å². The van der Waals surface area contributed by atoms with E-state index in [-0.39, 0.29) is 6.54 Å². The molecule has 2 saturated heterocycles. The van der Waals surface area contributed by atoms with Crippen molar-refractivity contribution >= 4 is 17.9 Å². The second-order valence-electron chi connectivity index (χ2n) is 5.88. The van der Waals surface area contributed by atoms with Gasteiger partial charge in [0.05, 0.1) is 12.7 Å². The van der Waals surface area contributed by atoms with Crippen LogP contribution in [0.1, 0.15) is 12.8 Å². The fourth-order valence-electron chi connectivity index (χ4n) is 3.17. The highest BCUT2D eigenvalue weighted by molar-refractivity contribution is 6.03. The third-order valence-corrected chi connectivity index (χ3v) is 4.35. The van der Waals surface area contributed by atoms with Crippen molar-refractivity contribution in [3.63, 3.8) is 0 Å². The molecule has 122 valence electrons. The highest BCUT2D eigenvalue weighted by Gasteiger charge is 2.50. The standard InChI is InChI=1S/C13H21N5O4/c1-16-10-9(11(21)15-13(16)22)18(6-8(20)7-19)12(14-10)17-4-2-3-5-17/h8-10,19-20H,2-7H2,1H3,(H,15,21,22). The monoisotopic (exact) mass is 311 g/mol. The maximum Gasteiger partial charge on any atom is 0.325 e. The number of fused-ring (bicyclic) bond motifs is 1. The summed E-state index contributed by atoms with van der Waals surface area (Å²) in [6.07, 6.45) is 0.530. The molecule has 3 rings (SSSR count). The minimum Gasteiger partial charge on any atom is -0.394 e. The van der Waals surface area contributed by atoms with Gasteiger partial charge in [-0.25, -0.2) is 9.79 Å². The van der Waals surface area contributed by atoms with Gasteiger partial charge in [0.25, 0.3) is 5.91 Å². The van der Waals surface area contributed by atoms with Crippen molar-refractivity contribution < 1.29 is 19.8 Å². The number of amides is 3. The van der Waals surface area contributed by atoms with Crippen LogP contribution in [0.2, 0.25) is 0 Å². The SMILES string of the molecule is CN1C(=O)NC(=O)C2C1N=C(N1CCCC1)N2CC(O)CO. The highest BCUT2D eigenvalue weighted by atomic mass is 16.3. The average Bonchev–Trinajstić information content (AvgIpc) is 3.12. The van der Waals surface area contributed by atoms with Crippen LogP contribution in [-0.4, -0.2) is 94.4 Å². The Morgan fingerprint density at radius 1 is 1.36 bits per heavy atom. The van der Waals surface area contributed by atoms with E-state index in [1.165, 1.54) is 4.90 Å². The van der Waals surface area contributed by atoms with E-state index in [1.54, 1.807) is 11.9 Å². The van der Waals surface area contributed by atoms with Crippen molar-refractivity contribution in [3.05, 3.63) is 0 Å². The molecular weight excluding hydrogens is 290 g/mol. The van der Waals surface area contributed by atoms with Gasteiger partial charge in [0.15, 0.2) is 18.2 Å². The molecule has 3 atom stereocenters. The maximum atomic E-state index is 12.2. The number of nitrogens with one attached hydrogen (secondary N) is 1. The number of rotatable bonds is 3. The number of imide groups is 1. The molecule has 3 unspecified atom stereocenters. The number of guanidine groups is 1. The summed E-state index contributed by atoms with van der Waals surface area (Å²) in [6.45, 7) is 1.38. The van der Waals surface area contributed by atoms with Gasteiger partial charge in [-0.15, -0.1) is 0 Å². The molecule has 0 spiro atoms. The first-order valence-electron chi connectivity index (χ1n) is 7.49. The van der Waals surface area contributed by atoms with Crippen molar-refractivity contribution in [3.8, 4) is 0 Å². The first kappa shape index (κ1) is 15.0. The van der Waals surface area contributed by atoms with E-state index in [1.807, 2.05) is 0 Å². The van der Waals surface area contributed by atoms with Crippen LogP contribution in [0.4, 0.5) is 4.79 Å². The Morgan fingerprint density at radius 3 is 2.68 bits per heavy atom. The van der Waals surface area contributed by atoms with Crippen LogP contribution in [-0.2, 0) is 4.79 Å². The molecule has 0 aromatic heterocycles. The van der Waals surface area contributed by atoms with Crippen LogP contribution in [0, 0.1) is 0 Å². The van der Waals surface area contributed by atoms with Crippen molar-refractivity contribution in [2.24, 2.45) is 4.99 Å². The lowest BCUT2D eigenvalue weighted by molar-refractivity contribution is -0.127. The number of likely N-dealkylation sites (tertiary alicyclic amines) is 1. The number of aliphatic hydroxyl groups is 2. The lowest BCUT2D eigenvalue weighted by Gasteiger charge is -2.37. The number of β-amino-alcohol motifs (C(OH)–C–C–N with tert-alkyl or cyclic N) is 1. The minimum atomic E-state index is -0.970. The van der Waals surface area contributed by atoms with E-state index in [0.29, 0.717) is 5.96 Å². The fraction of sp³-hybridized carbons (Fsp3) is 0.769. The predicted octanol–water partition coefficient (Wildman–Crippen LogP) is -2.02. The van der Waals surface area contributed by atoms with Crippen LogP contribution in [0.5, 0.6) is 0 Å². The van der Waals surface area contributed by atoms with Gasteiger partial charge in [0, 0.05) is 26.7 Å². The lowest BCUT2D eigenvalue weighted by Crippen LogP contribution is -2.65. The van der Waals surface area contributed by atoms with Gasteiger partial charge in [-0.1, -0.05) is 0 Å². The average molecular weight is 311 g/mol. The van der Waals surface area contributed by atoms with Gasteiger partial charge >= 0.3 is 6.03 Å². The van der Waals surface area contributed by atoms with Crippen molar-refractivity contribution in [2.75, 3.05) is 33.3 Å². The molecule has 9 heteroatoms. The molecule has 3 aliphatic heterocycles. The largest absolute Gasteiger partial charge is 0.394 e. The van der Waals surface area contributed by atoms with Crippen molar-refractivity contribution in [1.82, 2.24) is 20.0 Å². The quantitative estimate of drug-likeness (QED) is 0.555. The summed E-state index contributed by atoms with van der Waals surface area (Å²) < 4.78 is 0. The molecule has 0 aliphatic carbocycles. The Labute approximate surface area is 128 Å². The second kappa shape index (κ2) is 5.73. The van der Waals surface area contributed by atoms with Crippen LogP contribution >= 0.6 is 0 Å². The third-order valence-electron chi connectivity index (χ3n) is 4.35. The zero-order valence-electron chi connectivity index (χ0n) is 12.5. The molecule has 0 aromatic rings. The van der Waals surface area contributed by atoms with Gasteiger partial charge in [0.1, 0.15) is 0 Å². The van der Waals surface area contributed by atoms with Crippen LogP contribution in [0.15, 0.2) is 4.99 Å². The number of hydrogen-bond acceptors (Lipinski definition) is 7. The van der Waals surface area contributed by atoms with E-state index in [9.17, 15) is 14.7 Å². The van der Waals surface area contributed by atoms with Crippen LogP contribution in [0.3, 0.4) is 0 Å². The number of carbonyl (C=O) groups is 2. The molecule has 3 N–H and O–H groups in total. The smallest absolute Gasteiger partial charge is 0.325 e. The number of hydrogen-bond donors (Lipinski definition) is 3. The number of likely N-dealkylation sites (N-methyl/N-ethyl adjacent to an activating group) is 1. The first-order valence-corrected chi connectivity index (χ1v) is 7.49. The Kier molecular flexibility index (Phi) is 3.92. The molecule has 2 fully saturated rings. The lowest BCUT2D eigenvalue weighted by atomic mass is 10.1. The van der Waals surface area contributed by atoms with Crippen molar-refractivity contribution in [2.45, 2.75) is 31.2 Å². The summed E-state index contributed by atoms with van der Waals surface area (Å²) in [5, 5.41) is 21.2. The summed E-state index contributed by atoms with van der Waals surface area (Å²) in [7, 11) is 1.59. The molecule has 0 saturated carbocycles. The maximum absolute atomic E-state index is 12.2. The Bertz CT molecular complexity index is 505. The predicted molar refractivity (Wildman–Crippen MR) is 76.9 cm³/mol. The Hall–Kier alpha value is -1.87. The summed E-state index contributed by atoms with van der Waals surface area (Å²) >= 11 is 0. The number of aliphatic hydroxyl groups excluding tert-OH is 2. The molecule has 3 amide bonds. The van der Waals surface area contributed by atoms with E-state index >= 15 is 0 Å². The van der Waals surface area contributed by atoms with Gasteiger partial charge in [-0.2, -0.15) is 0 Å². The van der Waals surface area contributed by atoms with Gasteiger partial charge in [0.2, 0.25) is 0 Å². The molecule has 3 heterocycles. The molecule has 0 aromatic carbocycles. The zero-order chi connectivity index (χ0) is 15.9. The summed E-state index contributed by atoms with van der Waals surface area (Å²) in [6, 6.07) is -1.14. The zero-order valence-corrected chi connectivity index (χ0v) is 12.5. The van der Waals surface area contributed by atoms with E-state index in [4.69, 9.17) is 5.11 Å². The van der Waals surface area contributed by atoms with Crippen molar-refractivity contribution in [1.29, 1.82) is 0 Å². The van der Waals surface area contributed by atoms with E-state index in [0.717, 1.165) is 25.9 Å². The Balaban J connectivity index is 1.91.